The quantitative estimate of drug-likeness (QED) is 0.680. The molecule has 2 aromatic carbocycles. The minimum absolute atomic E-state index is 0.0945. The fourth-order valence-electron chi connectivity index (χ4n) is 3.03. The SMILES string of the molecule is CCN(CC(=O)Nc1ccccc1OC)CC(=O)N[C@H](C)c1ccc(C)c(C)c1. The molecule has 156 valence electrons. The molecule has 0 heterocycles. The Labute approximate surface area is 173 Å². The molecule has 0 saturated carbocycles. The van der Waals surface area contributed by atoms with Crippen LogP contribution in [0.1, 0.15) is 36.6 Å². The van der Waals surface area contributed by atoms with Crippen LogP contribution in [0.15, 0.2) is 42.5 Å². The molecule has 6 heteroatoms. The zero-order chi connectivity index (χ0) is 21.4. The van der Waals surface area contributed by atoms with Crippen molar-refractivity contribution in [3.8, 4) is 5.75 Å². The molecule has 2 N–H and O–H groups in total. The highest BCUT2D eigenvalue weighted by atomic mass is 16.5. The Kier molecular flexibility index (Phi) is 8.21. The fraction of sp³-hybridized carbons (Fsp3) is 0.391. The summed E-state index contributed by atoms with van der Waals surface area (Å²) in [4.78, 5) is 26.7. The van der Waals surface area contributed by atoms with E-state index >= 15 is 0 Å². The average molecular weight is 398 g/mol. The van der Waals surface area contributed by atoms with Gasteiger partial charge < -0.3 is 15.4 Å². The number of anilines is 1. The minimum atomic E-state index is -0.189. The number of hydrogen-bond donors (Lipinski definition) is 2. The van der Waals surface area contributed by atoms with Crippen molar-refractivity contribution in [1.29, 1.82) is 0 Å². The number of benzene rings is 2. The summed E-state index contributed by atoms with van der Waals surface area (Å²) in [5, 5.41) is 5.86. The highest BCUT2D eigenvalue weighted by Gasteiger charge is 2.16. The van der Waals surface area contributed by atoms with Crippen molar-refractivity contribution in [2.75, 3.05) is 32.1 Å². The van der Waals surface area contributed by atoms with Crippen molar-refractivity contribution in [2.45, 2.75) is 33.7 Å². The zero-order valence-corrected chi connectivity index (χ0v) is 17.9. The third kappa shape index (κ3) is 6.61. The van der Waals surface area contributed by atoms with Gasteiger partial charge in [0.15, 0.2) is 0 Å². The van der Waals surface area contributed by atoms with E-state index in [4.69, 9.17) is 4.74 Å². The Morgan fingerprint density at radius 2 is 1.72 bits per heavy atom. The molecule has 0 unspecified atom stereocenters. The number of carbonyl (C=O) groups is 2. The number of hydrogen-bond acceptors (Lipinski definition) is 4. The van der Waals surface area contributed by atoms with Crippen molar-refractivity contribution in [1.82, 2.24) is 10.2 Å². The third-order valence-electron chi connectivity index (χ3n) is 4.97. The maximum Gasteiger partial charge on any atom is 0.238 e. The Balaban J connectivity index is 1.90. The number of nitrogens with zero attached hydrogens (tertiary/aromatic N) is 1. The molecule has 0 fully saturated rings. The van der Waals surface area contributed by atoms with Gasteiger partial charge >= 0.3 is 0 Å². The van der Waals surface area contributed by atoms with Crippen molar-refractivity contribution < 1.29 is 14.3 Å². The summed E-state index contributed by atoms with van der Waals surface area (Å²) in [6, 6.07) is 13.3. The molecule has 2 amide bonds. The number of nitrogens with one attached hydrogen (secondary N) is 2. The maximum atomic E-state index is 12.5. The standard InChI is InChI=1S/C23H31N3O3/c1-6-26(15-23(28)25-20-9-7-8-10-21(20)29-5)14-22(27)24-18(4)19-12-11-16(2)17(3)13-19/h7-13,18H,6,14-15H2,1-5H3,(H,24,27)(H,25,28)/t18-/m1/s1. The number of ether oxygens (including phenoxy) is 1. The molecule has 2 aromatic rings. The van der Waals surface area contributed by atoms with Gasteiger partial charge in [0, 0.05) is 0 Å². The fourth-order valence-corrected chi connectivity index (χ4v) is 3.03. The van der Waals surface area contributed by atoms with Crippen molar-refractivity contribution >= 4 is 17.5 Å². The van der Waals surface area contributed by atoms with Gasteiger partial charge in [-0.05, 0) is 56.1 Å². The molecule has 0 aromatic heterocycles. The van der Waals surface area contributed by atoms with Gasteiger partial charge in [0.2, 0.25) is 11.8 Å². The molecule has 29 heavy (non-hydrogen) atoms. The van der Waals surface area contributed by atoms with Crippen LogP contribution in [0, 0.1) is 13.8 Å². The van der Waals surface area contributed by atoms with Crippen LogP contribution in [0.4, 0.5) is 5.69 Å². The van der Waals surface area contributed by atoms with Crippen molar-refractivity contribution in [2.24, 2.45) is 0 Å². The van der Waals surface area contributed by atoms with E-state index in [9.17, 15) is 9.59 Å². The first-order valence-corrected chi connectivity index (χ1v) is 9.85. The molecular formula is C23H31N3O3. The van der Waals surface area contributed by atoms with Gasteiger partial charge in [0.05, 0.1) is 31.9 Å². The van der Waals surface area contributed by atoms with Gasteiger partial charge in [-0.3, -0.25) is 14.5 Å². The van der Waals surface area contributed by atoms with Crippen LogP contribution in [-0.2, 0) is 9.59 Å². The van der Waals surface area contributed by atoms with E-state index in [2.05, 4.69) is 36.6 Å². The molecule has 0 spiro atoms. The Morgan fingerprint density at radius 1 is 1.03 bits per heavy atom. The lowest BCUT2D eigenvalue weighted by Crippen LogP contribution is -2.41. The predicted molar refractivity (Wildman–Crippen MR) is 116 cm³/mol. The van der Waals surface area contributed by atoms with Gasteiger partial charge in [-0.1, -0.05) is 37.3 Å². The molecular weight excluding hydrogens is 366 g/mol. The highest BCUT2D eigenvalue weighted by Crippen LogP contribution is 2.22. The van der Waals surface area contributed by atoms with E-state index < -0.39 is 0 Å². The largest absolute Gasteiger partial charge is 0.495 e. The monoisotopic (exact) mass is 397 g/mol. The van der Waals surface area contributed by atoms with Crippen LogP contribution >= 0.6 is 0 Å². The normalized spacial score (nSPS) is 11.8. The second kappa shape index (κ2) is 10.6. The first kappa shape index (κ1) is 22.4. The topological polar surface area (TPSA) is 70.7 Å². The number of rotatable bonds is 9. The summed E-state index contributed by atoms with van der Waals surface area (Å²) in [7, 11) is 1.56. The van der Waals surface area contributed by atoms with Gasteiger partial charge in [0.25, 0.3) is 0 Å². The van der Waals surface area contributed by atoms with Gasteiger partial charge in [0.1, 0.15) is 5.75 Å². The van der Waals surface area contributed by atoms with E-state index in [1.54, 1.807) is 24.1 Å². The number of likely N-dealkylation sites (N-methyl/N-ethyl adjacent to an activating group) is 1. The van der Waals surface area contributed by atoms with Gasteiger partial charge in [-0.2, -0.15) is 0 Å². The first-order valence-electron chi connectivity index (χ1n) is 9.85. The maximum absolute atomic E-state index is 12.5. The number of para-hydroxylation sites is 2. The van der Waals surface area contributed by atoms with Crippen molar-refractivity contribution in [3.63, 3.8) is 0 Å². The zero-order valence-electron chi connectivity index (χ0n) is 17.9. The average Bonchev–Trinajstić information content (AvgIpc) is 2.69. The Bertz CT molecular complexity index is 851. The van der Waals surface area contributed by atoms with Crippen LogP contribution in [0.25, 0.3) is 0 Å². The number of amides is 2. The lowest BCUT2D eigenvalue weighted by molar-refractivity contribution is -0.123. The van der Waals surface area contributed by atoms with Crippen LogP contribution < -0.4 is 15.4 Å². The lowest BCUT2D eigenvalue weighted by Gasteiger charge is -2.22. The predicted octanol–water partition coefficient (Wildman–Crippen LogP) is 3.45. The molecule has 6 nitrogen and oxygen atoms in total. The minimum Gasteiger partial charge on any atom is -0.495 e. The number of methoxy groups -OCH3 is 1. The summed E-state index contributed by atoms with van der Waals surface area (Å²) < 4.78 is 5.25. The second-order valence-electron chi connectivity index (χ2n) is 7.18. The third-order valence-corrected chi connectivity index (χ3v) is 4.97. The molecule has 0 aliphatic rings. The summed E-state index contributed by atoms with van der Waals surface area (Å²) in [5.41, 5.74) is 4.11. The Morgan fingerprint density at radius 3 is 2.38 bits per heavy atom. The highest BCUT2D eigenvalue weighted by molar-refractivity contribution is 5.94. The molecule has 1 atom stereocenters. The van der Waals surface area contributed by atoms with E-state index in [-0.39, 0.29) is 30.9 Å². The molecule has 0 aliphatic heterocycles. The van der Waals surface area contributed by atoms with E-state index in [1.807, 2.05) is 32.0 Å². The second-order valence-corrected chi connectivity index (χ2v) is 7.18. The van der Waals surface area contributed by atoms with E-state index in [0.717, 1.165) is 5.56 Å². The van der Waals surface area contributed by atoms with Crippen LogP contribution in [-0.4, -0.2) is 43.5 Å². The van der Waals surface area contributed by atoms with Crippen LogP contribution in [0.2, 0.25) is 0 Å². The van der Waals surface area contributed by atoms with E-state index in [0.29, 0.717) is 18.0 Å². The summed E-state index contributed by atoms with van der Waals surface area (Å²) in [6.45, 7) is 8.89. The Hall–Kier alpha value is -2.86. The summed E-state index contributed by atoms with van der Waals surface area (Å²) >= 11 is 0. The van der Waals surface area contributed by atoms with Gasteiger partial charge in [-0.25, -0.2) is 0 Å². The summed E-state index contributed by atoms with van der Waals surface area (Å²) in [6.07, 6.45) is 0. The lowest BCUT2D eigenvalue weighted by atomic mass is 10.0. The number of carbonyl (C=O) groups excluding carboxylic acids is 2. The van der Waals surface area contributed by atoms with Crippen molar-refractivity contribution in [3.05, 3.63) is 59.2 Å². The molecule has 0 saturated heterocycles. The molecule has 0 aliphatic carbocycles. The molecule has 0 radical (unpaired) electrons. The molecule has 2 rings (SSSR count). The van der Waals surface area contributed by atoms with Crippen LogP contribution in [0.5, 0.6) is 5.75 Å². The van der Waals surface area contributed by atoms with Gasteiger partial charge in [-0.15, -0.1) is 0 Å². The first-order chi connectivity index (χ1) is 13.8. The smallest absolute Gasteiger partial charge is 0.238 e. The molecule has 0 bridgehead atoms. The summed E-state index contributed by atoms with van der Waals surface area (Å²) in [5.74, 6) is 0.304. The van der Waals surface area contributed by atoms with E-state index in [1.165, 1.54) is 11.1 Å². The number of aryl methyl sites for hydroxylation is 2. The van der Waals surface area contributed by atoms with Crippen LogP contribution in [0.3, 0.4) is 0 Å².